The van der Waals surface area contributed by atoms with Gasteiger partial charge >= 0.3 is 0 Å². The smallest absolute Gasteiger partial charge is 0.223 e. The van der Waals surface area contributed by atoms with Crippen molar-refractivity contribution < 1.29 is 13.7 Å². The second-order valence-corrected chi connectivity index (χ2v) is 7.70. The molecule has 0 radical (unpaired) electrons. The van der Waals surface area contributed by atoms with E-state index in [-0.39, 0.29) is 18.1 Å². The monoisotopic (exact) mass is 357 g/mol. The van der Waals surface area contributed by atoms with Gasteiger partial charge in [0.2, 0.25) is 5.91 Å². The average molecular weight is 357 g/mol. The largest absolute Gasteiger partial charge is 0.373 e. The van der Waals surface area contributed by atoms with Gasteiger partial charge in [0.1, 0.15) is 0 Å². The van der Waals surface area contributed by atoms with Crippen molar-refractivity contribution in [2.45, 2.75) is 36.8 Å². The first-order valence-electron chi connectivity index (χ1n) is 8.46. The van der Waals surface area contributed by atoms with Gasteiger partial charge in [-0.2, -0.15) is 0 Å². The van der Waals surface area contributed by atoms with Gasteiger partial charge in [-0.1, -0.05) is 36.4 Å². The zero-order valence-corrected chi connectivity index (χ0v) is 15.3. The number of benzene rings is 2. The topological polar surface area (TPSA) is 55.4 Å². The zero-order chi connectivity index (χ0) is 17.8. The fourth-order valence-corrected chi connectivity index (χ4v) is 3.67. The Morgan fingerprint density at radius 2 is 1.96 bits per heavy atom. The quantitative estimate of drug-likeness (QED) is 0.893. The molecule has 4 nitrogen and oxygen atoms in total. The standard InChI is InChI=1S/C20H23NO3S/c1-14(15-7-9-17(10-8-15)25(2)23)21-20(22)13-19-18-6-4-3-5-16(18)11-12-24-19/h3-10,14,19H,11-13H2,1-2H3,(H,21,22)/t14-,19+,25-/m0/s1. The predicted molar refractivity (Wildman–Crippen MR) is 98.8 cm³/mol. The second kappa shape index (κ2) is 7.93. The van der Waals surface area contributed by atoms with Crippen LogP contribution in [0, 0.1) is 0 Å². The number of nitrogens with one attached hydrogen (secondary N) is 1. The molecule has 1 amide bonds. The number of fused-ring (bicyclic) bond motifs is 1. The maximum Gasteiger partial charge on any atom is 0.223 e. The van der Waals surface area contributed by atoms with E-state index in [9.17, 15) is 9.00 Å². The van der Waals surface area contributed by atoms with Crippen LogP contribution in [0.5, 0.6) is 0 Å². The number of ether oxygens (including phenoxy) is 1. The van der Waals surface area contributed by atoms with Crippen molar-refractivity contribution in [2.75, 3.05) is 12.9 Å². The minimum Gasteiger partial charge on any atom is -0.373 e. The predicted octanol–water partition coefficient (Wildman–Crippen LogP) is 3.31. The summed E-state index contributed by atoms with van der Waals surface area (Å²) >= 11 is 0. The highest BCUT2D eigenvalue weighted by Crippen LogP contribution is 2.29. The van der Waals surface area contributed by atoms with Crippen molar-refractivity contribution in [3.63, 3.8) is 0 Å². The highest BCUT2D eigenvalue weighted by Gasteiger charge is 2.23. The summed E-state index contributed by atoms with van der Waals surface area (Å²) in [5, 5.41) is 3.03. The Kier molecular flexibility index (Phi) is 5.66. The third-order valence-corrected chi connectivity index (χ3v) is 5.49. The van der Waals surface area contributed by atoms with E-state index >= 15 is 0 Å². The van der Waals surface area contributed by atoms with Gasteiger partial charge in [0.25, 0.3) is 0 Å². The lowest BCUT2D eigenvalue weighted by molar-refractivity contribution is -0.125. The van der Waals surface area contributed by atoms with Gasteiger partial charge in [-0.25, -0.2) is 0 Å². The van der Waals surface area contributed by atoms with Crippen LogP contribution < -0.4 is 5.32 Å². The van der Waals surface area contributed by atoms with Gasteiger partial charge in [-0.15, -0.1) is 0 Å². The van der Waals surface area contributed by atoms with Gasteiger partial charge in [-0.05, 0) is 42.2 Å². The molecule has 1 aliphatic heterocycles. The molecule has 3 rings (SSSR count). The Bertz CT molecular complexity index is 773. The van der Waals surface area contributed by atoms with Crippen LogP contribution in [-0.2, 0) is 26.8 Å². The molecule has 0 aromatic heterocycles. The molecule has 0 spiro atoms. The maximum atomic E-state index is 12.4. The Morgan fingerprint density at radius 1 is 1.24 bits per heavy atom. The van der Waals surface area contributed by atoms with Gasteiger partial charge in [0.15, 0.2) is 0 Å². The van der Waals surface area contributed by atoms with Gasteiger partial charge < -0.3 is 10.1 Å². The van der Waals surface area contributed by atoms with Crippen molar-refractivity contribution in [3.8, 4) is 0 Å². The molecule has 1 N–H and O–H groups in total. The molecule has 0 fully saturated rings. The van der Waals surface area contributed by atoms with Gasteiger partial charge in [-0.3, -0.25) is 9.00 Å². The normalized spacial score (nSPS) is 18.9. The Labute approximate surface area is 151 Å². The van der Waals surface area contributed by atoms with E-state index in [1.54, 1.807) is 6.26 Å². The van der Waals surface area contributed by atoms with Crippen LogP contribution in [-0.4, -0.2) is 23.0 Å². The van der Waals surface area contributed by atoms with E-state index in [1.165, 1.54) is 5.56 Å². The summed E-state index contributed by atoms with van der Waals surface area (Å²) in [6.45, 7) is 2.60. The summed E-state index contributed by atoms with van der Waals surface area (Å²) in [7, 11) is -0.991. The van der Waals surface area contributed by atoms with Crippen LogP contribution in [0.4, 0.5) is 0 Å². The molecule has 1 heterocycles. The molecule has 0 saturated carbocycles. The number of carbonyl (C=O) groups is 1. The zero-order valence-electron chi connectivity index (χ0n) is 14.5. The van der Waals surface area contributed by atoms with E-state index < -0.39 is 10.8 Å². The lowest BCUT2D eigenvalue weighted by Gasteiger charge is -2.26. The van der Waals surface area contributed by atoms with Gasteiger partial charge in [0.05, 0.1) is 25.2 Å². The molecule has 25 heavy (non-hydrogen) atoms. The third-order valence-electron chi connectivity index (χ3n) is 4.55. The van der Waals surface area contributed by atoms with Crippen LogP contribution in [0.3, 0.4) is 0 Å². The highest BCUT2D eigenvalue weighted by molar-refractivity contribution is 7.84. The van der Waals surface area contributed by atoms with E-state index in [1.807, 2.05) is 49.4 Å². The molecule has 0 aliphatic carbocycles. The Balaban J connectivity index is 1.62. The molecule has 132 valence electrons. The van der Waals surface area contributed by atoms with Crippen molar-refractivity contribution in [2.24, 2.45) is 0 Å². The second-order valence-electron chi connectivity index (χ2n) is 6.32. The molecule has 1 aliphatic rings. The lowest BCUT2D eigenvalue weighted by atomic mass is 9.95. The SMILES string of the molecule is C[C@H](NC(=O)C[C@H]1OCCc2ccccc21)c1ccc([S@](C)=O)cc1. The number of hydrogen-bond donors (Lipinski definition) is 1. The average Bonchev–Trinajstić information content (AvgIpc) is 2.62. The number of carbonyl (C=O) groups excluding carboxylic acids is 1. The molecular weight excluding hydrogens is 334 g/mol. The van der Waals surface area contributed by atoms with Crippen LogP contribution >= 0.6 is 0 Å². The Morgan fingerprint density at radius 3 is 2.68 bits per heavy atom. The molecule has 5 heteroatoms. The number of amides is 1. The first-order valence-corrected chi connectivity index (χ1v) is 10.0. The first kappa shape index (κ1) is 17.8. The van der Waals surface area contributed by atoms with E-state index in [0.29, 0.717) is 13.0 Å². The van der Waals surface area contributed by atoms with Crippen molar-refractivity contribution >= 4 is 16.7 Å². The molecule has 2 aromatic carbocycles. The van der Waals surface area contributed by atoms with E-state index in [2.05, 4.69) is 11.4 Å². The summed E-state index contributed by atoms with van der Waals surface area (Å²) in [6, 6.07) is 15.6. The third kappa shape index (κ3) is 4.35. The summed E-state index contributed by atoms with van der Waals surface area (Å²) in [4.78, 5) is 13.2. The van der Waals surface area contributed by atoms with Gasteiger partial charge in [0, 0.05) is 22.0 Å². The first-order chi connectivity index (χ1) is 12.0. The fraction of sp³-hybridized carbons (Fsp3) is 0.350. The van der Waals surface area contributed by atoms with Crippen LogP contribution in [0.1, 0.15) is 42.2 Å². The lowest BCUT2D eigenvalue weighted by Crippen LogP contribution is -2.29. The maximum absolute atomic E-state index is 12.4. The molecule has 0 bridgehead atoms. The van der Waals surface area contributed by atoms with Crippen molar-refractivity contribution in [1.29, 1.82) is 0 Å². The molecule has 2 aromatic rings. The van der Waals surface area contributed by atoms with Crippen LogP contribution in [0.2, 0.25) is 0 Å². The molecule has 0 saturated heterocycles. The molecular formula is C20H23NO3S. The highest BCUT2D eigenvalue weighted by atomic mass is 32.2. The summed E-state index contributed by atoms with van der Waals surface area (Å²) in [5.41, 5.74) is 3.38. The number of rotatable bonds is 5. The van der Waals surface area contributed by atoms with Crippen LogP contribution in [0.15, 0.2) is 53.4 Å². The molecule has 0 unspecified atom stereocenters. The summed E-state index contributed by atoms with van der Waals surface area (Å²) < 4.78 is 17.3. The Hall–Kier alpha value is -1.98. The minimum atomic E-state index is -0.991. The van der Waals surface area contributed by atoms with E-state index in [4.69, 9.17) is 4.74 Å². The van der Waals surface area contributed by atoms with Crippen LogP contribution in [0.25, 0.3) is 0 Å². The fourth-order valence-electron chi connectivity index (χ4n) is 3.15. The van der Waals surface area contributed by atoms with Crippen molar-refractivity contribution in [1.82, 2.24) is 5.32 Å². The minimum absolute atomic E-state index is 0.0302. The van der Waals surface area contributed by atoms with Crippen molar-refractivity contribution in [3.05, 3.63) is 65.2 Å². The summed E-state index contributed by atoms with van der Waals surface area (Å²) in [6.07, 6.45) is 2.69. The summed E-state index contributed by atoms with van der Waals surface area (Å²) in [5.74, 6) is -0.0302. The number of hydrogen-bond acceptors (Lipinski definition) is 3. The van der Waals surface area contributed by atoms with E-state index in [0.717, 1.165) is 22.4 Å². The molecule has 3 atom stereocenters.